The van der Waals surface area contributed by atoms with E-state index in [0.29, 0.717) is 24.5 Å². The first-order chi connectivity index (χ1) is 13.3. The number of nitrogens with zero attached hydrogens (tertiary/aromatic N) is 1. The lowest BCUT2D eigenvalue weighted by molar-refractivity contribution is 0.477. The van der Waals surface area contributed by atoms with Gasteiger partial charge in [0.05, 0.1) is 5.75 Å². The summed E-state index contributed by atoms with van der Waals surface area (Å²) >= 11 is 0. The number of quaternary nitrogens is 1. The Hall–Kier alpha value is -2.41. The van der Waals surface area contributed by atoms with E-state index in [9.17, 15) is 8.42 Å². The molecular formula is C22H27N2O3S+. The van der Waals surface area contributed by atoms with Gasteiger partial charge in [-0.1, -0.05) is 23.8 Å². The van der Waals surface area contributed by atoms with Crippen molar-refractivity contribution in [2.75, 3.05) is 18.8 Å². The first kappa shape index (κ1) is 20.3. The SMILES string of the molecule is CCS(=O)(=O)[N+]1(c2ccc(Oc3ccc(C)cc3C)cc2)C=C(CN)C=CC1. The smallest absolute Gasteiger partial charge is 0.306 e. The average Bonchev–Trinajstić information content (AvgIpc) is 2.70. The summed E-state index contributed by atoms with van der Waals surface area (Å²) in [5.41, 5.74) is 9.48. The molecule has 1 unspecified atom stereocenters. The first-order valence-electron chi connectivity index (χ1n) is 9.36. The topological polar surface area (TPSA) is 69.4 Å². The van der Waals surface area contributed by atoms with Crippen molar-refractivity contribution < 1.29 is 13.2 Å². The number of ether oxygens (including phenoxy) is 1. The Balaban J connectivity index is 1.97. The van der Waals surface area contributed by atoms with E-state index in [2.05, 4.69) is 6.07 Å². The Labute approximate surface area is 167 Å². The summed E-state index contributed by atoms with van der Waals surface area (Å²) in [4.78, 5) is 0. The normalized spacial score (nSPS) is 19.4. The third kappa shape index (κ3) is 3.76. The van der Waals surface area contributed by atoms with E-state index in [1.54, 1.807) is 13.1 Å². The van der Waals surface area contributed by atoms with Crippen molar-refractivity contribution in [3.63, 3.8) is 0 Å². The molecule has 6 heteroatoms. The van der Waals surface area contributed by atoms with Crippen LogP contribution in [0.15, 0.2) is 66.4 Å². The molecule has 0 bridgehead atoms. The summed E-state index contributed by atoms with van der Waals surface area (Å²) in [6, 6.07) is 13.3. The van der Waals surface area contributed by atoms with Crippen molar-refractivity contribution in [3.05, 3.63) is 77.5 Å². The molecule has 5 nitrogen and oxygen atoms in total. The predicted molar refractivity (Wildman–Crippen MR) is 115 cm³/mol. The van der Waals surface area contributed by atoms with Gasteiger partial charge in [-0.3, -0.25) is 0 Å². The molecule has 1 aliphatic rings. The van der Waals surface area contributed by atoms with E-state index < -0.39 is 10.0 Å². The largest absolute Gasteiger partial charge is 0.457 e. The third-order valence-corrected chi connectivity index (χ3v) is 7.20. The summed E-state index contributed by atoms with van der Waals surface area (Å²) in [5.74, 6) is 1.49. The van der Waals surface area contributed by atoms with Gasteiger partial charge in [-0.05, 0) is 50.6 Å². The highest BCUT2D eigenvalue weighted by molar-refractivity contribution is 7.91. The van der Waals surface area contributed by atoms with E-state index in [1.807, 2.05) is 62.4 Å². The Morgan fingerprint density at radius 3 is 2.43 bits per heavy atom. The highest BCUT2D eigenvalue weighted by Gasteiger charge is 2.42. The molecule has 0 saturated carbocycles. The molecule has 0 amide bonds. The number of nitrogens with two attached hydrogens (primary N) is 1. The molecule has 0 aliphatic carbocycles. The minimum absolute atomic E-state index is 0.0377. The molecule has 1 atom stereocenters. The quantitative estimate of drug-likeness (QED) is 0.741. The molecule has 0 aromatic heterocycles. The van der Waals surface area contributed by atoms with E-state index in [1.165, 1.54) is 5.56 Å². The van der Waals surface area contributed by atoms with Gasteiger partial charge in [-0.25, -0.2) is 0 Å². The van der Waals surface area contributed by atoms with Crippen molar-refractivity contribution in [1.29, 1.82) is 0 Å². The molecule has 0 radical (unpaired) electrons. The van der Waals surface area contributed by atoms with Gasteiger partial charge in [0, 0.05) is 24.3 Å². The fourth-order valence-electron chi connectivity index (χ4n) is 3.42. The maximum absolute atomic E-state index is 13.0. The third-order valence-electron chi connectivity index (χ3n) is 5.01. The van der Waals surface area contributed by atoms with Gasteiger partial charge in [0.15, 0.2) is 5.69 Å². The van der Waals surface area contributed by atoms with Crippen LogP contribution in [0.1, 0.15) is 18.1 Å². The number of benzene rings is 2. The minimum atomic E-state index is -3.45. The van der Waals surface area contributed by atoms with Gasteiger partial charge < -0.3 is 10.5 Å². The first-order valence-corrected chi connectivity index (χ1v) is 11.0. The van der Waals surface area contributed by atoms with Crippen LogP contribution in [0.2, 0.25) is 0 Å². The van der Waals surface area contributed by atoms with Crippen LogP contribution in [-0.4, -0.2) is 27.3 Å². The number of aryl methyl sites for hydroxylation is 2. The number of hydrogen-bond donors (Lipinski definition) is 1. The molecule has 0 spiro atoms. The lowest BCUT2D eigenvalue weighted by atomic mass is 10.1. The Bertz CT molecular complexity index is 1020. The van der Waals surface area contributed by atoms with E-state index in [0.717, 1.165) is 16.9 Å². The number of hydrogen-bond acceptors (Lipinski definition) is 4. The Kier molecular flexibility index (Phi) is 5.74. The zero-order valence-electron chi connectivity index (χ0n) is 16.6. The fraction of sp³-hybridized carbons (Fsp3) is 0.273. The molecule has 3 rings (SSSR count). The van der Waals surface area contributed by atoms with Crippen molar-refractivity contribution in [2.45, 2.75) is 20.8 Å². The van der Waals surface area contributed by atoms with Gasteiger partial charge >= 0.3 is 10.0 Å². The highest BCUT2D eigenvalue weighted by atomic mass is 32.2. The summed E-state index contributed by atoms with van der Waals surface area (Å²) in [6.45, 7) is 6.35. The van der Waals surface area contributed by atoms with Crippen molar-refractivity contribution in [2.24, 2.45) is 5.73 Å². The second-order valence-corrected chi connectivity index (χ2v) is 9.42. The molecule has 2 N–H and O–H groups in total. The van der Waals surface area contributed by atoms with Crippen molar-refractivity contribution in [3.8, 4) is 11.5 Å². The van der Waals surface area contributed by atoms with Crippen LogP contribution in [0.5, 0.6) is 11.5 Å². The fourth-order valence-corrected chi connectivity index (χ4v) is 4.93. The van der Waals surface area contributed by atoms with E-state index in [4.69, 9.17) is 10.5 Å². The maximum atomic E-state index is 13.0. The molecule has 148 valence electrons. The molecule has 2 aromatic carbocycles. The van der Waals surface area contributed by atoms with Gasteiger partial charge in [0.2, 0.25) is 0 Å². The highest BCUT2D eigenvalue weighted by Crippen LogP contribution is 2.35. The van der Waals surface area contributed by atoms with Crippen LogP contribution in [0.25, 0.3) is 0 Å². The molecule has 1 aliphatic heterocycles. The molecule has 28 heavy (non-hydrogen) atoms. The summed E-state index contributed by atoms with van der Waals surface area (Å²) < 4.78 is 31.8. The van der Waals surface area contributed by atoms with Crippen LogP contribution in [0.4, 0.5) is 5.69 Å². The molecule has 0 fully saturated rings. The van der Waals surface area contributed by atoms with Crippen LogP contribution < -0.4 is 14.4 Å². The summed E-state index contributed by atoms with van der Waals surface area (Å²) in [7, 11) is -3.45. The zero-order valence-corrected chi connectivity index (χ0v) is 17.4. The zero-order chi connectivity index (χ0) is 20.4. The van der Waals surface area contributed by atoms with Crippen LogP contribution in [0, 0.1) is 13.8 Å². The lowest BCUT2D eigenvalue weighted by Gasteiger charge is -2.34. The minimum Gasteiger partial charge on any atom is -0.457 e. The predicted octanol–water partition coefficient (Wildman–Crippen LogP) is 4.17. The van der Waals surface area contributed by atoms with Crippen molar-refractivity contribution in [1.82, 2.24) is 3.89 Å². The van der Waals surface area contributed by atoms with Gasteiger partial charge in [-0.2, -0.15) is 12.3 Å². The lowest BCUT2D eigenvalue weighted by Crippen LogP contribution is -2.51. The molecule has 1 heterocycles. The van der Waals surface area contributed by atoms with Crippen LogP contribution in [0.3, 0.4) is 0 Å². The van der Waals surface area contributed by atoms with Gasteiger partial charge in [0.1, 0.15) is 24.2 Å². The standard InChI is InChI=1S/C22H27N2O3S/c1-4-28(25,26)24(13-5-6-19(15-23)16-24)20-8-10-21(11-9-20)27-22-12-7-17(2)14-18(22)3/h5-12,14,16H,4,13,15,23H2,1-3H3/q+1. The Morgan fingerprint density at radius 2 is 1.82 bits per heavy atom. The average molecular weight is 400 g/mol. The van der Waals surface area contributed by atoms with E-state index >= 15 is 0 Å². The maximum Gasteiger partial charge on any atom is 0.306 e. The Morgan fingerprint density at radius 1 is 1.11 bits per heavy atom. The second-order valence-electron chi connectivity index (χ2n) is 7.02. The van der Waals surface area contributed by atoms with Gasteiger partial charge in [0.25, 0.3) is 0 Å². The van der Waals surface area contributed by atoms with Crippen LogP contribution in [-0.2, 0) is 10.0 Å². The number of sulfonamides is 1. The van der Waals surface area contributed by atoms with Crippen molar-refractivity contribution >= 4 is 15.7 Å². The van der Waals surface area contributed by atoms with Crippen LogP contribution >= 0.6 is 0 Å². The summed E-state index contributed by atoms with van der Waals surface area (Å²) in [6.07, 6.45) is 5.51. The van der Waals surface area contributed by atoms with Gasteiger partial charge in [-0.15, -0.1) is 0 Å². The summed E-state index contributed by atoms with van der Waals surface area (Å²) in [5, 5.41) is 0. The molecule has 2 aromatic rings. The molecule has 0 saturated heterocycles. The number of rotatable bonds is 6. The van der Waals surface area contributed by atoms with E-state index in [-0.39, 0.29) is 9.64 Å². The monoisotopic (exact) mass is 399 g/mol. The molecular weight excluding hydrogens is 372 g/mol. The second kappa shape index (κ2) is 7.91.